The van der Waals surface area contributed by atoms with Crippen LogP contribution in [-0.4, -0.2) is 30.8 Å². The molecule has 0 atom stereocenters. The van der Waals surface area contributed by atoms with Crippen molar-refractivity contribution in [3.8, 4) is 5.75 Å². The number of nitrogens with one attached hydrogen (secondary N) is 1. The quantitative estimate of drug-likeness (QED) is 0.500. The summed E-state index contributed by atoms with van der Waals surface area (Å²) in [5.74, 6) is 0.457. The van der Waals surface area contributed by atoms with Crippen LogP contribution in [0.5, 0.6) is 5.75 Å². The van der Waals surface area contributed by atoms with Gasteiger partial charge in [-0.3, -0.25) is 4.90 Å². The van der Waals surface area contributed by atoms with E-state index in [4.69, 9.17) is 21.7 Å². The van der Waals surface area contributed by atoms with Gasteiger partial charge in [-0.2, -0.15) is 0 Å². The van der Waals surface area contributed by atoms with Crippen molar-refractivity contribution in [3.63, 3.8) is 0 Å². The number of ether oxygens (including phenoxy) is 2. The standard InChI is InChI=1S/C21H26N2O3S/c1-4-20(27)22-17-10-8-11-18(15-17)26-21(24)23(13-14-25-5-2)19-12-7-6-9-16(19)3/h6-12,15H,4-5,13-14H2,1-3H3,(H,22,27). The van der Waals surface area contributed by atoms with Gasteiger partial charge in [0.05, 0.1) is 23.8 Å². The Morgan fingerprint density at radius 3 is 2.63 bits per heavy atom. The minimum atomic E-state index is -0.445. The number of benzene rings is 2. The Kier molecular flexibility index (Phi) is 8.23. The van der Waals surface area contributed by atoms with Crippen LogP contribution in [0, 0.1) is 6.92 Å². The Balaban J connectivity index is 2.17. The number of thiocarbonyl (C=S) groups is 1. The minimum Gasteiger partial charge on any atom is -0.410 e. The van der Waals surface area contributed by atoms with E-state index < -0.39 is 6.09 Å². The van der Waals surface area contributed by atoms with Crippen molar-refractivity contribution in [3.05, 3.63) is 54.1 Å². The number of anilines is 2. The van der Waals surface area contributed by atoms with Gasteiger partial charge in [0, 0.05) is 18.4 Å². The van der Waals surface area contributed by atoms with Gasteiger partial charge in [0.1, 0.15) is 5.75 Å². The summed E-state index contributed by atoms with van der Waals surface area (Å²) >= 11 is 5.21. The fraction of sp³-hybridized carbons (Fsp3) is 0.333. The van der Waals surface area contributed by atoms with Crippen molar-refractivity contribution in [1.29, 1.82) is 0 Å². The molecule has 144 valence electrons. The summed E-state index contributed by atoms with van der Waals surface area (Å²) in [5.41, 5.74) is 2.60. The lowest BCUT2D eigenvalue weighted by Crippen LogP contribution is -2.36. The maximum Gasteiger partial charge on any atom is 0.419 e. The van der Waals surface area contributed by atoms with Gasteiger partial charge in [-0.1, -0.05) is 43.4 Å². The Morgan fingerprint density at radius 1 is 1.15 bits per heavy atom. The molecule has 1 N–H and O–H groups in total. The highest BCUT2D eigenvalue weighted by Crippen LogP contribution is 2.23. The summed E-state index contributed by atoms with van der Waals surface area (Å²) in [6.07, 6.45) is 0.303. The smallest absolute Gasteiger partial charge is 0.410 e. The average Bonchev–Trinajstić information content (AvgIpc) is 2.66. The van der Waals surface area contributed by atoms with Crippen LogP contribution in [-0.2, 0) is 4.74 Å². The third-order valence-corrected chi connectivity index (χ3v) is 4.32. The largest absolute Gasteiger partial charge is 0.419 e. The zero-order chi connectivity index (χ0) is 19.6. The lowest BCUT2D eigenvalue weighted by Gasteiger charge is -2.23. The summed E-state index contributed by atoms with van der Waals surface area (Å²) < 4.78 is 11.0. The number of carbonyl (C=O) groups is 1. The highest BCUT2D eigenvalue weighted by Gasteiger charge is 2.19. The van der Waals surface area contributed by atoms with E-state index in [1.54, 1.807) is 17.0 Å². The first-order chi connectivity index (χ1) is 13.0. The maximum atomic E-state index is 12.9. The molecule has 5 nitrogen and oxygen atoms in total. The predicted molar refractivity (Wildman–Crippen MR) is 114 cm³/mol. The van der Waals surface area contributed by atoms with E-state index in [1.807, 2.05) is 57.2 Å². The Morgan fingerprint density at radius 2 is 1.93 bits per heavy atom. The molecule has 0 saturated heterocycles. The van der Waals surface area contributed by atoms with Crippen LogP contribution in [0.15, 0.2) is 48.5 Å². The van der Waals surface area contributed by atoms with Crippen LogP contribution in [0.4, 0.5) is 16.2 Å². The van der Waals surface area contributed by atoms with Gasteiger partial charge in [0.2, 0.25) is 0 Å². The number of hydrogen-bond donors (Lipinski definition) is 1. The molecule has 0 radical (unpaired) electrons. The van der Waals surface area contributed by atoms with Crippen LogP contribution in [0.25, 0.3) is 0 Å². The highest BCUT2D eigenvalue weighted by atomic mass is 32.1. The molecule has 0 fully saturated rings. The Hall–Kier alpha value is -2.44. The molecule has 1 amide bonds. The number of carbonyl (C=O) groups excluding carboxylic acids is 1. The lowest BCUT2D eigenvalue weighted by atomic mass is 10.2. The summed E-state index contributed by atoms with van der Waals surface area (Å²) in [5, 5.41) is 3.12. The van der Waals surface area contributed by atoms with E-state index in [1.165, 1.54) is 0 Å². The molecule has 0 aliphatic carbocycles. The second-order valence-corrected chi connectivity index (χ2v) is 6.43. The van der Waals surface area contributed by atoms with Crippen molar-refractivity contribution in [2.45, 2.75) is 27.2 Å². The Bertz CT molecular complexity index is 780. The molecule has 0 bridgehead atoms. The molecule has 27 heavy (non-hydrogen) atoms. The number of rotatable bonds is 8. The topological polar surface area (TPSA) is 50.8 Å². The summed E-state index contributed by atoms with van der Waals surface area (Å²) in [4.78, 5) is 15.2. The Labute approximate surface area is 166 Å². The zero-order valence-corrected chi connectivity index (χ0v) is 16.8. The molecule has 6 heteroatoms. The van der Waals surface area contributed by atoms with Crippen LogP contribution in [0.2, 0.25) is 0 Å². The van der Waals surface area contributed by atoms with Gasteiger partial charge in [-0.05, 0) is 44.0 Å². The molecule has 0 unspecified atom stereocenters. The number of hydrogen-bond acceptors (Lipinski definition) is 4. The SMILES string of the molecule is CCOCCN(C(=O)Oc1cccc(NC(=S)CC)c1)c1ccccc1C. The second kappa shape index (κ2) is 10.6. The summed E-state index contributed by atoms with van der Waals surface area (Å²) in [7, 11) is 0. The second-order valence-electron chi connectivity index (χ2n) is 5.93. The number of aryl methyl sites for hydroxylation is 1. The number of para-hydroxylation sites is 1. The van der Waals surface area contributed by atoms with Crippen molar-refractivity contribution in [2.24, 2.45) is 0 Å². The molecule has 2 rings (SSSR count). The lowest BCUT2D eigenvalue weighted by molar-refractivity contribution is 0.151. The van der Waals surface area contributed by atoms with Gasteiger partial charge in [0.15, 0.2) is 0 Å². The van der Waals surface area contributed by atoms with Crippen molar-refractivity contribution < 1.29 is 14.3 Å². The van der Waals surface area contributed by atoms with Crippen molar-refractivity contribution in [1.82, 2.24) is 0 Å². The van der Waals surface area contributed by atoms with E-state index >= 15 is 0 Å². The molecule has 2 aromatic rings. The molecule has 0 heterocycles. The van der Waals surface area contributed by atoms with Crippen LogP contribution >= 0.6 is 12.2 Å². The molecule has 0 saturated carbocycles. The van der Waals surface area contributed by atoms with Crippen LogP contribution < -0.4 is 15.0 Å². The molecule has 0 aromatic heterocycles. The van der Waals surface area contributed by atoms with E-state index in [0.29, 0.717) is 25.5 Å². The van der Waals surface area contributed by atoms with Gasteiger partial charge in [-0.25, -0.2) is 4.79 Å². The fourth-order valence-electron chi connectivity index (χ4n) is 2.52. The summed E-state index contributed by atoms with van der Waals surface area (Å²) in [6, 6.07) is 14.9. The normalized spacial score (nSPS) is 10.3. The molecule has 0 aliphatic rings. The third-order valence-electron chi connectivity index (χ3n) is 3.93. The fourth-order valence-corrected chi connectivity index (χ4v) is 2.64. The van der Waals surface area contributed by atoms with Gasteiger partial charge < -0.3 is 14.8 Å². The van der Waals surface area contributed by atoms with Crippen LogP contribution in [0.3, 0.4) is 0 Å². The molecular weight excluding hydrogens is 360 g/mol. The first kappa shape index (κ1) is 20.9. The van der Waals surface area contributed by atoms with Crippen LogP contribution in [0.1, 0.15) is 25.8 Å². The molecule has 0 spiro atoms. The first-order valence-corrected chi connectivity index (χ1v) is 9.48. The van der Waals surface area contributed by atoms with Crippen molar-refractivity contribution in [2.75, 3.05) is 30.0 Å². The molecule has 2 aromatic carbocycles. The molecular formula is C21H26N2O3S. The van der Waals surface area contributed by atoms with Gasteiger partial charge in [0.25, 0.3) is 0 Å². The van der Waals surface area contributed by atoms with E-state index in [-0.39, 0.29) is 0 Å². The third kappa shape index (κ3) is 6.34. The van der Waals surface area contributed by atoms with E-state index in [9.17, 15) is 4.79 Å². The predicted octanol–water partition coefficient (Wildman–Crippen LogP) is 5.19. The number of amides is 1. The monoisotopic (exact) mass is 386 g/mol. The van der Waals surface area contributed by atoms with Gasteiger partial charge in [-0.15, -0.1) is 0 Å². The van der Waals surface area contributed by atoms with E-state index in [2.05, 4.69) is 5.32 Å². The summed E-state index contributed by atoms with van der Waals surface area (Å²) in [6.45, 7) is 7.32. The zero-order valence-electron chi connectivity index (χ0n) is 16.0. The minimum absolute atomic E-state index is 0.412. The number of nitrogens with zero attached hydrogens (tertiary/aromatic N) is 1. The van der Waals surface area contributed by atoms with Crippen molar-refractivity contribution >= 4 is 34.7 Å². The van der Waals surface area contributed by atoms with E-state index in [0.717, 1.165) is 28.3 Å². The average molecular weight is 387 g/mol. The first-order valence-electron chi connectivity index (χ1n) is 9.07. The maximum absolute atomic E-state index is 12.9. The highest BCUT2D eigenvalue weighted by molar-refractivity contribution is 7.80. The molecule has 0 aliphatic heterocycles. The van der Waals surface area contributed by atoms with Gasteiger partial charge >= 0.3 is 6.09 Å².